The fourth-order valence-electron chi connectivity index (χ4n) is 1.90. The lowest BCUT2D eigenvalue weighted by Crippen LogP contribution is -2.33. The summed E-state index contributed by atoms with van der Waals surface area (Å²) < 4.78 is 14.0. The highest BCUT2D eigenvalue weighted by atomic mass is 19.1. The van der Waals surface area contributed by atoms with Gasteiger partial charge in [-0.05, 0) is 31.5 Å². The summed E-state index contributed by atoms with van der Waals surface area (Å²) >= 11 is 0. The van der Waals surface area contributed by atoms with Crippen LogP contribution in [0.5, 0.6) is 0 Å². The first-order chi connectivity index (χ1) is 8.97. The van der Waals surface area contributed by atoms with Crippen LogP contribution < -0.4 is 10.2 Å². The zero-order valence-electron chi connectivity index (χ0n) is 12.3. The molecule has 0 fully saturated rings. The number of hydrogen-bond donors (Lipinski definition) is 2. The van der Waals surface area contributed by atoms with Crippen LogP contribution in [0.1, 0.15) is 26.3 Å². The highest BCUT2D eigenvalue weighted by Gasteiger charge is 2.15. The number of hydrogen-bond acceptors (Lipinski definition) is 3. The molecule has 1 rings (SSSR count). The van der Waals surface area contributed by atoms with Crippen molar-refractivity contribution < 1.29 is 9.50 Å². The van der Waals surface area contributed by atoms with Crippen molar-refractivity contribution >= 4 is 5.69 Å². The van der Waals surface area contributed by atoms with Gasteiger partial charge in [0.05, 0.1) is 6.61 Å². The van der Waals surface area contributed by atoms with Gasteiger partial charge in [0, 0.05) is 30.9 Å². The summed E-state index contributed by atoms with van der Waals surface area (Å²) in [7, 11) is 1.88. The summed E-state index contributed by atoms with van der Waals surface area (Å²) in [6.45, 7) is 7.56. The average Bonchev–Trinajstić information content (AvgIpc) is 2.38. The van der Waals surface area contributed by atoms with Crippen LogP contribution in [0.15, 0.2) is 18.2 Å². The Morgan fingerprint density at radius 3 is 2.58 bits per heavy atom. The number of likely N-dealkylation sites (N-methyl/N-ethyl adjacent to an activating group) is 1. The van der Waals surface area contributed by atoms with Crippen LogP contribution in [0, 0.1) is 11.7 Å². The zero-order chi connectivity index (χ0) is 14.4. The van der Waals surface area contributed by atoms with Gasteiger partial charge in [-0.3, -0.25) is 0 Å². The van der Waals surface area contributed by atoms with E-state index in [1.165, 1.54) is 6.07 Å². The number of aliphatic hydroxyl groups is 1. The van der Waals surface area contributed by atoms with E-state index in [1.807, 2.05) is 24.9 Å². The molecule has 0 aliphatic rings. The normalized spacial score (nSPS) is 12.8. The second-order valence-corrected chi connectivity index (χ2v) is 5.40. The highest BCUT2D eigenvalue weighted by molar-refractivity contribution is 5.54. The first kappa shape index (κ1) is 15.9. The molecular formula is C15H25FN2O. The summed E-state index contributed by atoms with van der Waals surface area (Å²) in [5.74, 6) is 0.329. The Hall–Kier alpha value is -1.13. The van der Waals surface area contributed by atoms with E-state index >= 15 is 0 Å². The molecule has 0 amide bonds. The maximum absolute atomic E-state index is 14.0. The third kappa shape index (κ3) is 4.48. The molecule has 0 saturated carbocycles. The molecule has 0 aliphatic heterocycles. The van der Waals surface area contributed by atoms with Gasteiger partial charge in [0.2, 0.25) is 0 Å². The summed E-state index contributed by atoms with van der Waals surface area (Å²) in [4.78, 5) is 1.91. The van der Waals surface area contributed by atoms with Crippen molar-refractivity contribution in [2.24, 2.45) is 5.92 Å². The van der Waals surface area contributed by atoms with E-state index in [0.29, 0.717) is 18.0 Å². The summed E-state index contributed by atoms with van der Waals surface area (Å²) in [6.07, 6.45) is 0. The van der Waals surface area contributed by atoms with Crippen LogP contribution in [0.3, 0.4) is 0 Å². The molecule has 0 radical (unpaired) electrons. The fraction of sp³-hybridized carbons (Fsp3) is 0.600. The fourth-order valence-corrected chi connectivity index (χ4v) is 1.90. The predicted octanol–water partition coefficient (Wildman–Crippen LogP) is 2.39. The summed E-state index contributed by atoms with van der Waals surface area (Å²) in [5, 5.41) is 12.5. The van der Waals surface area contributed by atoms with E-state index < -0.39 is 0 Å². The minimum Gasteiger partial charge on any atom is -0.394 e. The lowest BCUT2D eigenvalue weighted by molar-refractivity contribution is 0.270. The Morgan fingerprint density at radius 2 is 2.00 bits per heavy atom. The van der Waals surface area contributed by atoms with Gasteiger partial charge < -0.3 is 15.3 Å². The number of nitrogens with one attached hydrogen (secondary N) is 1. The number of rotatable bonds is 7. The molecule has 0 aliphatic carbocycles. The highest BCUT2D eigenvalue weighted by Crippen LogP contribution is 2.23. The van der Waals surface area contributed by atoms with Crippen LogP contribution in [0.2, 0.25) is 0 Å². The second-order valence-electron chi connectivity index (χ2n) is 5.40. The Kier molecular flexibility index (Phi) is 6.25. The van der Waals surface area contributed by atoms with E-state index in [1.54, 1.807) is 6.07 Å². The SMILES string of the molecule is CC(C)CNCc1c(F)cccc1N(C)C(C)CO. The van der Waals surface area contributed by atoms with E-state index in [9.17, 15) is 9.50 Å². The summed E-state index contributed by atoms with van der Waals surface area (Å²) in [6, 6.07) is 5.04. The molecule has 1 atom stereocenters. The van der Waals surface area contributed by atoms with Crippen molar-refractivity contribution in [1.29, 1.82) is 0 Å². The summed E-state index contributed by atoms with van der Waals surface area (Å²) in [5.41, 5.74) is 1.49. The minimum absolute atomic E-state index is 0.0364. The lowest BCUT2D eigenvalue weighted by Gasteiger charge is -2.28. The van der Waals surface area contributed by atoms with Gasteiger partial charge in [-0.2, -0.15) is 0 Å². The molecule has 4 heteroatoms. The van der Waals surface area contributed by atoms with Crippen molar-refractivity contribution in [2.75, 3.05) is 25.1 Å². The van der Waals surface area contributed by atoms with Crippen molar-refractivity contribution in [2.45, 2.75) is 33.4 Å². The molecular weight excluding hydrogens is 243 g/mol. The zero-order valence-corrected chi connectivity index (χ0v) is 12.3. The van der Waals surface area contributed by atoms with Crippen molar-refractivity contribution in [3.05, 3.63) is 29.6 Å². The van der Waals surface area contributed by atoms with Crippen LogP contribution in [0.25, 0.3) is 0 Å². The van der Waals surface area contributed by atoms with E-state index in [-0.39, 0.29) is 18.5 Å². The molecule has 2 N–H and O–H groups in total. The van der Waals surface area contributed by atoms with Crippen LogP contribution in [-0.2, 0) is 6.54 Å². The molecule has 0 heterocycles. The Balaban J connectivity index is 2.88. The lowest BCUT2D eigenvalue weighted by atomic mass is 10.1. The predicted molar refractivity (Wildman–Crippen MR) is 77.9 cm³/mol. The van der Waals surface area contributed by atoms with Crippen molar-refractivity contribution in [1.82, 2.24) is 5.32 Å². The molecule has 0 spiro atoms. The second kappa shape index (κ2) is 7.46. The third-order valence-electron chi connectivity index (χ3n) is 3.25. The average molecular weight is 268 g/mol. The van der Waals surface area contributed by atoms with Gasteiger partial charge in [-0.25, -0.2) is 4.39 Å². The van der Waals surface area contributed by atoms with Crippen molar-refractivity contribution in [3.8, 4) is 0 Å². The maximum Gasteiger partial charge on any atom is 0.129 e. The number of benzene rings is 1. The largest absolute Gasteiger partial charge is 0.394 e. The van der Waals surface area contributed by atoms with E-state index in [4.69, 9.17) is 0 Å². The van der Waals surface area contributed by atoms with E-state index in [2.05, 4.69) is 19.2 Å². The smallest absolute Gasteiger partial charge is 0.129 e. The minimum atomic E-state index is -0.203. The first-order valence-electron chi connectivity index (χ1n) is 6.79. The number of anilines is 1. The van der Waals surface area contributed by atoms with Crippen LogP contribution >= 0.6 is 0 Å². The van der Waals surface area contributed by atoms with Crippen molar-refractivity contribution in [3.63, 3.8) is 0 Å². The standard InChI is InChI=1S/C15H25FN2O/c1-11(2)8-17-9-13-14(16)6-5-7-15(13)18(4)12(3)10-19/h5-7,11-12,17,19H,8-10H2,1-4H3. The topological polar surface area (TPSA) is 35.5 Å². The molecule has 1 aromatic carbocycles. The van der Waals surface area contributed by atoms with E-state index in [0.717, 1.165) is 12.2 Å². The van der Waals surface area contributed by atoms with Gasteiger partial charge >= 0.3 is 0 Å². The molecule has 0 aromatic heterocycles. The quantitative estimate of drug-likeness (QED) is 0.797. The molecule has 1 unspecified atom stereocenters. The Labute approximate surface area is 115 Å². The van der Waals surface area contributed by atoms with Gasteiger partial charge in [0.25, 0.3) is 0 Å². The van der Waals surface area contributed by atoms with Gasteiger partial charge in [-0.15, -0.1) is 0 Å². The number of nitrogens with zero attached hydrogens (tertiary/aromatic N) is 1. The number of aliphatic hydroxyl groups excluding tert-OH is 1. The third-order valence-corrected chi connectivity index (χ3v) is 3.25. The molecule has 19 heavy (non-hydrogen) atoms. The molecule has 1 aromatic rings. The van der Waals surface area contributed by atoms with Gasteiger partial charge in [0.15, 0.2) is 0 Å². The maximum atomic E-state index is 14.0. The first-order valence-corrected chi connectivity index (χ1v) is 6.79. The Bertz CT molecular complexity index is 396. The Morgan fingerprint density at radius 1 is 1.32 bits per heavy atom. The monoisotopic (exact) mass is 268 g/mol. The van der Waals surface area contributed by atoms with Gasteiger partial charge in [-0.1, -0.05) is 19.9 Å². The molecule has 3 nitrogen and oxygen atoms in total. The van der Waals surface area contributed by atoms with Crippen LogP contribution in [-0.4, -0.2) is 31.3 Å². The molecule has 0 saturated heterocycles. The number of halogens is 1. The molecule has 108 valence electrons. The molecule has 0 bridgehead atoms. The van der Waals surface area contributed by atoms with Gasteiger partial charge in [0.1, 0.15) is 5.82 Å². The van der Waals surface area contributed by atoms with Crippen LogP contribution in [0.4, 0.5) is 10.1 Å².